The molecule has 0 amide bonds. The van der Waals surface area contributed by atoms with E-state index in [1.165, 1.54) is 12.1 Å². The van der Waals surface area contributed by atoms with Gasteiger partial charge >= 0.3 is 0 Å². The molecule has 1 heterocycles. The molecular formula is C42H26O. The number of hydrogen-bond donors (Lipinski definition) is 0. The molecule has 0 radical (unpaired) electrons. The van der Waals surface area contributed by atoms with Crippen LogP contribution < -0.4 is 0 Å². The Labute approximate surface area is 263 Å². The Morgan fingerprint density at radius 2 is 1.02 bits per heavy atom. The highest BCUT2D eigenvalue weighted by atomic mass is 16.3. The van der Waals surface area contributed by atoms with Crippen LogP contribution in [0.4, 0.5) is 0 Å². The van der Waals surface area contributed by atoms with E-state index >= 15 is 0 Å². The average Bonchev–Trinajstić information content (AvgIpc) is 3.55. The van der Waals surface area contributed by atoms with Gasteiger partial charge in [-0.25, -0.2) is 0 Å². The van der Waals surface area contributed by atoms with Crippen LogP contribution in [0, 0.1) is 0 Å². The lowest BCUT2D eigenvalue weighted by atomic mass is 9.82. The molecular weight excluding hydrogens is 520 g/mol. The molecule has 0 aliphatic carbocycles. The maximum Gasteiger partial charge on any atom is 0.136 e. The van der Waals surface area contributed by atoms with Crippen LogP contribution in [-0.2, 0) is 0 Å². The molecule has 0 spiro atoms. The summed E-state index contributed by atoms with van der Waals surface area (Å²) in [5.74, 6) is 0. The Balaban J connectivity index is 1.52. The summed E-state index contributed by atoms with van der Waals surface area (Å²) in [6, 6.07) is 26.4. The summed E-state index contributed by atoms with van der Waals surface area (Å²) in [6.45, 7) is 0. The van der Waals surface area contributed by atoms with Gasteiger partial charge in [0.05, 0.1) is 13.7 Å². The fourth-order valence-electron chi connectivity index (χ4n) is 6.47. The normalized spacial score (nSPS) is 15.0. The van der Waals surface area contributed by atoms with Crippen molar-refractivity contribution in [3.05, 3.63) is 157 Å². The maximum atomic E-state index is 9.23. The lowest BCUT2D eigenvalue weighted by Crippen LogP contribution is -1.93. The van der Waals surface area contributed by atoms with Gasteiger partial charge in [-0.15, -0.1) is 0 Å². The molecule has 0 saturated carbocycles. The topological polar surface area (TPSA) is 13.1 Å². The van der Waals surface area contributed by atoms with E-state index in [4.69, 9.17) is 16.8 Å². The van der Waals surface area contributed by atoms with Gasteiger partial charge in [-0.05, 0) is 78.3 Å². The van der Waals surface area contributed by atoms with Crippen molar-refractivity contribution in [3.63, 3.8) is 0 Å². The fourth-order valence-corrected chi connectivity index (χ4v) is 6.47. The average molecular weight is 557 g/mol. The molecule has 8 aromatic carbocycles. The summed E-state index contributed by atoms with van der Waals surface area (Å²) in [5.41, 5.74) is 3.87. The summed E-state index contributed by atoms with van der Waals surface area (Å²) in [6.07, 6.45) is 0. The zero-order valence-electron chi connectivity index (χ0n) is 32.6. The predicted octanol–water partition coefficient (Wildman–Crippen LogP) is 12.0. The Hall–Kier alpha value is -5.66. The highest BCUT2D eigenvalue weighted by Crippen LogP contribution is 2.49. The number of benzene rings is 8. The second-order valence-electron chi connectivity index (χ2n) is 10.5. The maximum absolute atomic E-state index is 9.23. The molecule has 0 atom stereocenters. The first kappa shape index (κ1) is 16.1. The molecule has 0 bridgehead atoms. The monoisotopic (exact) mass is 556 g/mol. The standard InChI is InChI=1S/C42H26O/c1-2-14-28(15-3-1)39-36(25-26-38-42(39)35-22-10-11-24-37(35)43-38)41-33-20-8-6-18-31(33)40(32-19-7-9-21-34(32)41)30-23-12-16-27-13-4-5-17-29(27)30/h1-26H/i1D,2D,3D,4D,5D,12D,14D,15D,16D,23D. The van der Waals surface area contributed by atoms with E-state index in [0.29, 0.717) is 60.4 Å². The number of fused-ring (bicyclic) bond motifs is 6. The number of para-hydroxylation sites is 1. The van der Waals surface area contributed by atoms with E-state index in [1.54, 1.807) is 0 Å². The molecule has 200 valence electrons. The summed E-state index contributed by atoms with van der Waals surface area (Å²) < 4.78 is 93.6. The van der Waals surface area contributed by atoms with Gasteiger partial charge < -0.3 is 4.42 Å². The van der Waals surface area contributed by atoms with Crippen LogP contribution in [0.15, 0.2) is 162 Å². The zero-order chi connectivity index (χ0) is 37.0. The molecule has 9 aromatic rings. The first-order chi connectivity index (χ1) is 25.5. The van der Waals surface area contributed by atoms with Gasteiger partial charge in [0.2, 0.25) is 0 Å². The van der Waals surface area contributed by atoms with Crippen LogP contribution in [0.2, 0.25) is 0 Å². The second-order valence-corrected chi connectivity index (χ2v) is 10.5. The molecule has 0 N–H and O–H groups in total. The zero-order valence-corrected chi connectivity index (χ0v) is 22.6. The van der Waals surface area contributed by atoms with Crippen LogP contribution in [0.3, 0.4) is 0 Å². The van der Waals surface area contributed by atoms with Crippen molar-refractivity contribution in [2.45, 2.75) is 0 Å². The van der Waals surface area contributed by atoms with Crippen LogP contribution in [0.25, 0.3) is 87.6 Å². The van der Waals surface area contributed by atoms with Gasteiger partial charge in [-0.1, -0.05) is 139 Å². The molecule has 1 heteroatoms. The third-order valence-corrected chi connectivity index (χ3v) is 8.20. The SMILES string of the molecule is [2H]c1cc2c([2H])c([2H])c([2H])c(-c3c4ccccc4c(-c4ccc5oc6ccccc6c5c4-c4c([2H])c([2H])c([2H])c([2H])c4[2H])c4ccccc34)c2cc1[2H]. The van der Waals surface area contributed by atoms with Gasteiger partial charge in [-0.3, -0.25) is 0 Å². The molecule has 1 aromatic heterocycles. The van der Waals surface area contributed by atoms with Gasteiger partial charge in [0.25, 0.3) is 0 Å². The molecule has 0 aliphatic heterocycles. The highest BCUT2D eigenvalue weighted by Gasteiger charge is 2.22. The van der Waals surface area contributed by atoms with Crippen molar-refractivity contribution >= 4 is 54.3 Å². The van der Waals surface area contributed by atoms with E-state index < -0.39 is 18.1 Å². The molecule has 9 rings (SSSR count). The van der Waals surface area contributed by atoms with Crippen LogP contribution in [0.1, 0.15) is 13.7 Å². The van der Waals surface area contributed by atoms with E-state index in [-0.39, 0.29) is 47.9 Å². The highest BCUT2D eigenvalue weighted by molar-refractivity contribution is 6.26. The third-order valence-electron chi connectivity index (χ3n) is 8.20. The van der Waals surface area contributed by atoms with Crippen molar-refractivity contribution in [3.8, 4) is 33.4 Å². The van der Waals surface area contributed by atoms with Crippen molar-refractivity contribution in [1.82, 2.24) is 0 Å². The van der Waals surface area contributed by atoms with Crippen LogP contribution >= 0.6 is 0 Å². The van der Waals surface area contributed by atoms with Crippen molar-refractivity contribution < 1.29 is 18.1 Å². The lowest BCUT2D eigenvalue weighted by molar-refractivity contribution is 0.669. The largest absolute Gasteiger partial charge is 0.456 e. The summed E-state index contributed by atoms with van der Waals surface area (Å²) in [5, 5.41) is 4.94. The first-order valence-corrected chi connectivity index (χ1v) is 14.0. The van der Waals surface area contributed by atoms with Gasteiger partial charge in [0.1, 0.15) is 11.2 Å². The minimum absolute atomic E-state index is 0.0406. The molecule has 1 nitrogen and oxygen atoms in total. The number of furan rings is 1. The lowest BCUT2D eigenvalue weighted by Gasteiger charge is -2.21. The Bertz CT molecular complexity index is 2990. The second kappa shape index (κ2) is 9.44. The minimum Gasteiger partial charge on any atom is -0.456 e. The number of hydrogen-bond acceptors (Lipinski definition) is 1. The van der Waals surface area contributed by atoms with Crippen LogP contribution in [-0.4, -0.2) is 0 Å². The van der Waals surface area contributed by atoms with Gasteiger partial charge in [0, 0.05) is 16.3 Å². The van der Waals surface area contributed by atoms with Gasteiger partial charge in [0.15, 0.2) is 0 Å². The molecule has 0 saturated heterocycles. The fraction of sp³-hybridized carbons (Fsp3) is 0. The summed E-state index contributed by atoms with van der Waals surface area (Å²) in [7, 11) is 0. The van der Waals surface area contributed by atoms with Crippen molar-refractivity contribution in [1.29, 1.82) is 0 Å². The molecule has 43 heavy (non-hydrogen) atoms. The predicted molar refractivity (Wildman–Crippen MR) is 183 cm³/mol. The summed E-state index contributed by atoms with van der Waals surface area (Å²) >= 11 is 0. The van der Waals surface area contributed by atoms with E-state index in [1.807, 2.05) is 84.9 Å². The Morgan fingerprint density at radius 1 is 0.395 bits per heavy atom. The van der Waals surface area contributed by atoms with Crippen molar-refractivity contribution in [2.75, 3.05) is 0 Å². The van der Waals surface area contributed by atoms with Crippen LogP contribution in [0.5, 0.6) is 0 Å². The minimum atomic E-state index is -0.492. The Morgan fingerprint density at radius 3 is 1.74 bits per heavy atom. The smallest absolute Gasteiger partial charge is 0.136 e. The van der Waals surface area contributed by atoms with Gasteiger partial charge in [-0.2, -0.15) is 0 Å². The molecule has 0 fully saturated rings. The Kier molecular flexibility index (Phi) is 3.53. The number of rotatable bonds is 3. The van der Waals surface area contributed by atoms with E-state index in [2.05, 4.69) is 0 Å². The summed E-state index contributed by atoms with van der Waals surface area (Å²) in [4.78, 5) is 0. The quantitative estimate of drug-likeness (QED) is 0.197. The molecule has 0 unspecified atom stereocenters. The van der Waals surface area contributed by atoms with E-state index in [9.17, 15) is 1.37 Å². The third kappa shape index (κ3) is 3.58. The molecule has 0 aliphatic rings. The van der Waals surface area contributed by atoms with E-state index in [0.717, 1.165) is 21.7 Å². The first-order valence-electron chi connectivity index (χ1n) is 19.0. The van der Waals surface area contributed by atoms with Crippen molar-refractivity contribution in [2.24, 2.45) is 0 Å².